The van der Waals surface area contributed by atoms with Gasteiger partial charge in [-0.25, -0.2) is 0 Å². The second-order valence-corrected chi connectivity index (χ2v) is 10.5. The Hall–Kier alpha value is -4.66. The molecule has 1 heterocycles. The first-order valence-corrected chi connectivity index (χ1v) is 13.7. The number of hydrogen-bond acceptors (Lipinski definition) is 2. The van der Waals surface area contributed by atoms with E-state index >= 15 is 0 Å². The molecule has 0 aliphatic rings. The van der Waals surface area contributed by atoms with Crippen molar-refractivity contribution in [3.63, 3.8) is 0 Å². The van der Waals surface area contributed by atoms with Gasteiger partial charge >= 0.3 is 0 Å². The number of hydrogen-bond donors (Lipinski definition) is 0. The van der Waals surface area contributed by atoms with Crippen molar-refractivity contribution in [2.75, 3.05) is 4.90 Å². The molecule has 0 unspecified atom stereocenters. The third kappa shape index (κ3) is 4.06. The lowest BCUT2D eigenvalue weighted by molar-refractivity contribution is 1.30. The monoisotopic (exact) mass is 503 g/mol. The van der Waals surface area contributed by atoms with Crippen molar-refractivity contribution in [1.29, 1.82) is 0 Å². The highest BCUT2D eigenvalue weighted by Gasteiger charge is 2.18. The van der Waals surface area contributed by atoms with E-state index in [9.17, 15) is 0 Å². The maximum Gasteiger partial charge on any atom is 0.0640 e. The summed E-state index contributed by atoms with van der Waals surface area (Å²) in [7, 11) is 0. The van der Waals surface area contributed by atoms with E-state index in [1.54, 1.807) is 0 Å². The summed E-state index contributed by atoms with van der Waals surface area (Å²) in [5, 5.41) is 2.61. The molecule has 7 rings (SSSR count). The average Bonchev–Trinajstić information content (AvgIpc) is 3.39. The van der Waals surface area contributed by atoms with Crippen molar-refractivity contribution in [1.82, 2.24) is 0 Å². The van der Waals surface area contributed by atoms with Gasteiger partial charge < -0.3 is 4.90 Å². The van der Waals surface area contributed by atoms with Gasteiger partial charge in [-0.15, -0.1) is 11.3 Å². The topological polar surface area (TPSA) is 3.24 Å². The lowest BCUT2D eigenvalue weighted by Crippen LogP contribution is -2.10. The quantitative estimate of drug-likeness (QED) is 0.226. The molecule has 7 aromatic rings. The van der Waals surface area contributed by atoms with Crippen molar-refractivity contribution in [3.8, 4) is 22.3 Å². The van der Waals surface area contributed by atoms with Gasteiger partial charge in [-0.2, -0.15) is 0 Å². The lowest BCUT2D eigenvalue weighted by atomic mass is 10.0. The van der Waals surface area contributed by atoms with Crippen LogP contribution in [-0.4, -0.2) is 0 Å². The molecular formula is C36H25NS. The van der Waals surface area contributed by atoms with Crippen LogP contribution in [0.1, 0.15) is 0 Å². The summed E-state index contributed by atoms with van der Waals surface area (Å²) >= 11 is 1.86. The molecule has 0 spiro atoms. The summed E-state index contributed by atoms with van der Waals surface area (Å²) in [4.78, 5) is 2.39. The first kappa shape index (κ1) is 22.5. The molecule has 180 valence electrons. The van der Waals surface area contributed by atoms with E-state index in [1.807, 2.05) is 11.3 Å². The van der Waals surface area contributed by atoms with Gasteiger partial charge in [-0.05, 0) is 58.7 Å². The minimum atomic E-state index is 1.14. The van der Waals surface area contributed by atoms with Crippen LogP contribution in [0.4, 0.5) is 17.1 Å². The van der Waals surface area contributed by atoms with Crippen LogP contribution in [0.3, 0.4) is 0 Å². The van der Waals surface area contributed by atoms with Crippen molar-refractivity contribution in [2.24, 2.45) is 0 Å². The average molecular weight is 504 g/mol. The van der Waals surface area contributed by atoms with Crippen LogP contribution >= 0.6 is 11.3 Å². The third-order valence-electron chi connectivity index (χ3n) is 7.09. The van der Waals surface area contributed by atoms with Crippen molar-refractivity contribution in [3.05, 3.63) is 152 Å². The van der Waals surface area contributed by atoms with E-state index < -0.39 is 0 Å². The summed E-state index contributed by atoms with van der Waals surface area (Å²) in [6.07, 6.45) is 0. The van der Waals surface area contributed by atoms with Gasteiger partial charge in [-0.1, -0.05) is 115 Å². The normalized spacial score (nSPS) is 11.2. The molecule has 0 saturated carbocycles. The second kappa shape index (κ2) is 9.66. The number of thiophene rings is 1. The zero-order chi connectivity index (χ0) is 25.3. The largest absolute Gasteiger partial charge is 0.309 e. The van der Waals surface area contributed by atoms with Gasteiger partial charge in [0.25, 0.3) is 0 Å². The standard InChI is InChI=1S/C36H25NS/c1-3-10-26(11-4-1)28-18-22-30(23-19-28)37(31-24-20-29(21-25-31)27-12-5-2-6-13-27)34-16-9-15-33-32-14-7-8-17-35(32)38-36(33)34/h1-25H. The van der Waals surface area contributed by atoms with Crippen LogP contribution < -0.4 is 4.90 Å². The Morgan fingerprint density at radius 3 is 1.42 bits per heavy atom. The first-order valence-electron chi connectivity index (χ1n) is 12.9. The molecule has 0 amide bonds. The molecule has 0 atom stereocenters. The summed E-state index contributed by atoms with van der Waals surface area (Å²) < 4.78 is 2.61. The molecule has 2 heteroatoms. The van der Waals surface area contributed by atoms with Crippen LogP contribution in [-0.2, 0) is 0 Å². The highest BCUT2D eigenvalue weighted by molar-refractivity contribution is 7.26. The Labute approximate surface area is 226 Å². The van der Waals surface area contributed by atoms with E-state index in [1.165, 1.54) is 48.1 Å². The van der Waals surface area contributed by atoms with E-state index in [-0.39, 0.29) is 0 Å². The molecule has 0 radical (unpaired) electrons. The van der Waals surface area contributed by atoms with E-state index in [0.29, 0.717) is 0 Å². The second-order valence-electron chi connectivity index (χ2n) is 9.41. The lowest BCUT2D eigenvalue weighted by Gasteiger charge is -2.26. The smallest absolute Gasteiger partial charge is 0.0640 e. The molecule has 0 bridgehead atoms. The zero-order valence-corrected chi connectivity index (χ0v) is 21.6. The minimum Gasteiger partial charge on any atom is -0.309 e. The molecule has 6 aromatic carbocycles. The van der Waals surface area contributed by atoms with E-state index in [2.05, 4.69) is 157 Å². The van der Waals surface area contributed by atoms with Gasteiger partial charge in [0.15, 0.2) is 0 Å². The Morgan fingerprint density at radius 1 is 0.368 bits per heavy atom. The van der Waals surface area contributed by atoms with Gasteiger partial charge in [0.1, 0.15) is 0 Å². The van der Waals surface area contributed by atoms with Gasteiger partial charge in [-0.3, -0.25) is 0 Å². The number of fused-ring (bicyclic) bond motifs is 3. The molecule has 0 saturated heterocycles. The predicted octanol–water partition coefficient (Wildman–Crippen LogP) is 10.9. The summed E-state index contributed by atoms with van der Waals surface area (Å²) in [5.41, 5.74) is 8.37. The molecule has 1 aromatic heterocycles. The van der Waals surface area contributed by atoms with Crippen LogP contribution in [0.2, 0.25) is 0 Å². The molecule has 1 nitrogen and oxygen atoms in total. The summed E-state index contributed by atoms with van der Waals surface area (Å²) in [6, 6.07) is 54.3. The van der Waals surface area contributed by atoms with Crippen molar-refractivity contribution < 1.29 is 0 Å². The first-order chi connectivity index (χ1) is 18.8. The van der Waals surface area contributed by atoms with Crippen LogP contribution in [0.15, 0.2) is 152 Å². The maximum absolute atomic E-state index is 2.39. The SMILES string of the molecule is c1ccc(-c2ccc(N(c3ccc(-c4ccccc4)cc3)c3cccc4c3sc3ccccc34)cc2)cc1. The van der Waals surface area contributed by atoms with Gasteiger partial charge in [0.2, 0.25) is 0 Å². The summed E-state index contributed by atoms with van der Waals surface area (Å²) in [5.74, 6) is 0. The molecule has 0 N–H and O–H groups in total. The Morgan fingerprint density at radius 2 is 0.842 bits per heavy atom. The molecule has 0 aliphatic heterocycles. The summed E-state index contributed by atoms with van der Waals surface area (Å²) in [6.45, 7) is 0. The molecule has 0 fully saturated rings. The van der Waals surface area contributed by atoms with Crippen LogP contribution in [0.5, 0.6) is 0 Å². The third-order valence-corrected chi connectivity index (χ3v) is 8.30. The van der Waals surface area contributed by atoms with Gasteiger partial charge in [0.05, 0.1) is 10.4 Å². The Balaban J connectivity index is 1.39. The fraction of sp³-hybridized carbons (Fsp3) is 0. The van der Waals surface area contributed by atoms with Crippen molar-refractivity contribution in [2.45, 2.75) is 0 Å². The van der Waals surface area contributed by atoms with Crippen molar-refractivity contribution >= 4 is 48.6 Å². The highest BCUT2D eigenvalue weighted by Crippen LogP contribution is 2.45. The number of benzene rings is 6. The zero-order valence-electron chi connectivity index (χ0n) is 20.8. The fourth-order valence-corrected chi connectivity index (χ4v) is 6.41. The molecular weight excluding hydrogens is 478 g/mol. The number of nitrogens with zero attached hydrogens (tertiary/aromatic N) is 1. The van der Waals surface area contributed by atoms with Crippen LogP contribution in [0, 0.1) is 0 Å². The maximum atomic E-state index is 2.39. The van der Waals surface area contributed by atoms with Crippen LogP contribution in [0.25, 0.3) is 42.4 Å². The predicted molar refractivity (Wildman–Crippen MR) is 165 cm³/mol. The fourth-order valence-electron chi connectivity index (χ4n) is 5.20. The highest BCUT2D eigenvalue weighted by atomic mass is 32.1. The number of rotatable bonds is 5. The van der Waals surface area contributed by atoms with E-state index in [4.69, 9.17) is 0 Å². The van der Waals surface area contributed by atoms with E-state index in [0.717, 1.165) is 11.4 Å². The Kier molecular flexibility index (Phi) is 5.73. The Bertz CT molecular complexity index is 1750. The van der Waals surface area contributed by atoms with Gasteiger partial charge in [0, 0.05) is 26.8 Å². The molecule has 0 aliphatic carbocycles. The number of anilines is 3. The minimum absolute atomic E-state index is 1.14. The molecule has 38 heavy (non-hydrogen) atoms.